The van der Waals surface area contributed by atoms with Crippen molar-refractivity contribution in [2.24, 2.45) is 0 Å². The highest BCUT2D eigenvalue weighted by atomic mass is 35.5. The zero-order valence-corrected chi connectivity index (χ0v) is 12.5. The molecular weight excluding hydrogens is 293 g/mol. The Labute approximate surface area is 128 Å². The number of benzene rings is 1. The van der Waals surface area contributed by atoms with E-state index in [-0.39, 0.29) is 0 Å². The normalized spacial score (nSPS) is 15.5. The van der Waals surface area contributed by atoms with E-state index in [4.69, 9.17) is 27.9 Å². The van der Waals surface area contributed by atoms with Crippen LogP contribution in [0, 0.1) is 0 Å². The largest absolute Gasteiger partial charge is 0.490 e. The number of hydrogen-bond donors (Lipinski definition) is 0. The van der Waals surface area contributed by atoms with Gasteiger partial charge in [0.25, 0.3) is 0 Å². The van der Waals surface area contributed by atoms with Crippen LogP contribution >= 0.6 is 23.2 Å². The van der Waals surface area contributed by atoms with E-state index in [1.807, 2.05) is 30.3 Å². The molecule has 1 aromatic carbocycles. The average molecular weight is 308 g/mol. The van der Waals surface area contributed by atoms with Gasteiger partial charge in [0.2, 0.25) is 0 Å². The Morgan fingerprint density at radius 1 is 0.950 bits per heavy atom. The van der Waals surface area contributed by atoms with Crippen LogP contribution in [0.1, 0.15) is 25.7 Å². The molecule has 1 aliphatic carbocycles. The molecule has 1 aromatic heterocycles. The summed E-state index contributed by atoms with van der Waals surface area (Å²) >= 11 is 12.1. The smallest absolute Gasteiger partial charge is 0.138 e. The zero-order valence-electron chi connectivity index (χ0n) is 11.0. The minimum atomic E-state index is 0.315. The van der Waals surface area contributed by atoms with Crippen molar-refractivity contribution in [2.75, 3.05) is 0 Å². The van der Waals surface area contributed by atoms with E-state index in [0.717, 1.165) is 29.7 Å². The fraction of sp³-hybridized carbons (Fsp3) is 0.312. The van der Waals surface area contributed by atoms with Crippen LogP contribution in [0.4, 0.5) is 0 Å². The molecule has 2 nitrogen and oxygen atoms in total. The summed E-state index contributed by atoms with van der Waals surface area (Å²) in [6.07, 6.45) is 5.06. The zero-order chi connectivity index (χ0) is 13.9. The maximum absolute atomic E-state index is 6.20. The van der Waals surface area contributed by atoms with E-state index in [9.17, 15) is 0 Å². The number of nitrogens with zero attached hydrogens (tertiary/aromatic N) is 1. The Bertz CT molecular complexity index is 609. The van der Waals surface area contributed by atoms with Crippen molar-refractivity contribution < 1.29 is 4.74 Å². The highest BCUT2D eigenvalue weighted by Gasteiger charge is 2.19. The molecule has 1 fully saturated rings. The molecule has 1 saturated carbocycles. The predicted molar refractivity (Wildman–Crippen MR) is 82.6 cm³/mol. The average Bonchev–Trinajstić information content (AvgIpc) is 2.93. The summed E-state index contributed by atoms with van der Waals surface area (Å²) in [5, 5.41) is 0.799. The SMILES string of the molecule is Clc1ccc(-c2ccccc2OC2CCCC2)c(Cl)n1. The third-order valence-electron chi connectivity index (χ3n) is 3.59. The molecule has 0 bridgehead atoms. The molecule has 104 valence electrons. The van der Waals surface area contributed by atoms with Crippen LogP contribution in [-0.4, -0.2) is 11.1 Å². The van der Waals surface area contributed by atoms with Crippen LogP contribution in [0.2, 0.25) is 10.3 Å². The Kier molecular flexibility index (Phi) is 4.13. The predicted octanol–water partition coefficient (Wildman–Crippen LogP) is 5.38. The molecule has 0 N–H and O–H groups in total. The number of pyridine rings is 1. The fourth-order valence-electron chi connectivity index (χ4n) is 2.59. The Morgan fingerprint density at radius 2 is 1.70 bits per heavy atom. The number of ether oxygens (including phenoxy) is 1. The second-order valence-corrected chi connectivity index (χ2v) is 5.74. The summed E-state index contributed by atoms with van der Waals surface area (Å²) in [7, 11) is 0. The lowest BCUT2D eigenvalue weighted by Crippen LogP contribution is -2.11. The van der Waals surface area contributed by atoms with Crippen molar-refractivity contribution in [3.05, 3.63) is 46.7 Å². The fourth-order valence-corrected chi connectivity index (χ4v) is 3.04. The lowest BCUT2D eigenvalue weighted by Gasteiger charge is -2.17. The summed E-state index contributed by atoms with van der Waals surface area (Å²) < 4.78 is 6.13. The van der Waals surface area contributed by atoms with E-state index >= 15 is 0 Å². The third-order valence-corrected chi connectivity index (χ3v) is 4.09. The molecule has 1 heterocycles. The number of hydrogen-bond acceptors (Lipinski definition) is 2. The molecule has 4 heteroatoms. The Balaban J connectivity index is 1.96. The minimum Gasteiger partial charge on any atom is -0.490 e. The molecule has 0 spiro atoms. The van der Waals surface area contributed by atoms with Gasteiger partial charge in [-0.1, -0.05) is 41.4 Å². The maximum Gasteiger partial charge on any atom is 0.138 e. The first-order valence-corrected chi connectivity index (χ1v) is 7.58. The van der Waals surface area contributed by atoms with Gasteiger partial charge < -0.3 is 4.74 Å². The monoisotopic (exact) mass is 307 g/mol. The van der Waals surface area contributed by atoms with Crippen LogP contribution in [0.3, 0.4) is 0 Å². The third kappa shape index (κ3) is 2.92. The van der Waals surface area contributed by atoms with Gasteiger partial charge in [-0.05, 0) is 43.9 Å². The minimum absolute atomic E-state index is 0.315. The summed E-state index contributed by atoms with van der Waals surface area (Å²) in [6, 6.07) is 11.6. The summed E-state index contributed by atoms with van der Waals surface area (Å²) in [6.45, 7) is 0. The first-order valence-electron chi connectivity index (χ1n) is 6.82. The molecular formula is C16H15Cl2NO. The van der Waals surface area contributed by atoms with Gasteiger partial charge in [-0.3, -0.25) is 0 Å². The van der Waals surface area contributed by atoms with Crippen LogP contribution in [0.25, 0.3) is 11.1 Å². The molecule has 20 heavy (non-hydrogen) atoms. The Morgan fingerprint density at radius 3 is 2.45 bits per heavy atom. The van der Waals surface area contributed by atoms with E-state index < -0.39 is 0 Å². The molecule has 3 rings (SSSR count). The highest BCUT2D eigenvalue weighted by Crippen LogP contribution is 2.36. The van der Waals surface area contributed by atoms with Crippen LogP contribution in [0.5, 0.6) is 5.75 Å². The van der Waals surface area contributed by atoms with Crippen LogP contribution < -0.4 is 4.74 Å². The van der Waals surface area contributed by atoms with E-state index in [1.165, 1.54) is 12.8 Å². The first-order chi connectivity index (χ1) is 9.74. The molecule has 2 aromatic rings. The summed E-state index contributed by atoms with van der Waals surface area (Å²) in [5.74, 6) is 0.866. The van der Waals surface area contributed by atoms with Gasteiger partial charge in [0.15, 0.2) is 0 Å². The second-order valence-electron chi connectivity index (χ2n) is 4.99. The standard InChI is InChI=1S/C16H15Cl2NO/c17-15-10-9-13(16(18)19-15)12-7-3-4-8-14(12)20-11-5-1-2-6-11/h3-4,7-11H,1-2,5-6H2. The van der Waals surface area contributed by atoms with E-state index in [2.05, 4.69) is 4.98 Å². The van der Waals surface area contributed by atoms with Gasteiger partial charge in [0, 0.05) is 11.1 Å². The maximum atomic E-state index is 6.20. The lowest BCUT2D eigenvalue weighted by molar-refractivity contribution is 0.211. The highest BCUT2D eigenvalue weighted by molar-refractivity contribution is 6.34. The van der Waals surface area contributed by atoms with Crippen molar-refractivity contribution in [1.82, 2.24) is 4.98 Å². The molecule has 0 aliphatic heterocycles. The van der Waals surface area contributed by atoms with Crippen molar-refractivity contribution in [1.29, 1.82) is 0 Å². The van der Waals surface area contributed by atoms with Gasteiger partial charge in [0.05, 0.1) is 6.10 Å². The van der Waals surface area contributed by atoms with Gasteiger partial charge in [0.1, 0.15) is 16.1 Å². The van der Waals surface area contributed by atoms with Crippen LogP contribution in [-0.2, 0) is 0 Å². The number of halogens is 2. The Hall–Kier alpha value is -1.25. The van der Waals surface area contributed by atoms with Crippen LogP contribution in [0.15, 0.2) is 36.4 Å². The molecule has 0 radical (unpaired) electrons. The van der Waals surface area contributed by atoms with Gasteiger partial charge >= 0.3 is 0 Å². The number of para-hydroxylation sites is 1. The van der Waals surface area contributed by atoms with Gasteiger partial charge in [-0.25, -0.2) is 4.98 Å². The van der Waals surface area contributed by atoms with Crippen molar-refractivity contribution in [3.63, 3.8) is 0 Å². The van der Waals surface area contributed by atoms with E-state index in [1.54, 1.807) is 6.07 Å². The van der Waals surface area contributed by atoms with E-state index in [0.29, 0.717) is 16.4 Å². The quantitative estimate of drug-likeness (QED) is 0.710. The number of rotatable bonds is 3. The summed E-state index contributed by atoms with van der Waals surface area (Å²) in [4.78, 5) is 4.10. The van der Waals surface area contributed by atoms with Crippen molar-refractivity contribution in [3.8, 4) is 16.9 Å². The molecule has 0 amide bonds. The summed E-state index contributed by atoms with van der Waals surface area (Å²) in [5.41, 5.74) is 1.82. The molecule has 0 saturated heterocycles. The second kappa shape index (κ2) is 6.02. The topological polar surface area (TPSA) is 22.1 Å². The van der Waals surface area contributed by atoms with Crippen molar-refractivity contribution in [2.45, 2.75) is 31.8 Å². The van der Waals surface area contributed by atoms with Gasteiger partial charge in [-0.15, -0.1) is 0 Å². The lowest BCUT2D eigenvalue weighted by atomic mass is 10.1. The molecule has 0 unspecified atom stereocenters. The molecule has 0 atom stereocenters. The number of aromatic nitrogens is 1. The van der Waals surface area contributed by atoms with Crippen molar-refractivity contribution >= 4 is 23.2 Å². The molecule has 1 aliphatic rings. The first kappa shape index (κ1) is 13.7. The van der Waals surface area contributed by atoms with Gasteiger partial charge in [-0.2, -0.15) is 0 Å².